The van der Waals surface area contributed by atoms with E-state index in [1.807, 2.05) is 6.07 Å². The van der Waals surface area contributed by atoms with Crippen LogP contribution in [-0.2, 0) is 4.74 Å². The lowest BCUT2D eigenvalue weighted by molar-refractivity contribution is 0.0503. The highest BCUT2D eigenvalue weighted by molar-refractivity contribution is 9.10. The largest absolute Gasteiger partial charge is 0.465 e. The van der Waals surface area contributed by atoms with E-state index < -0.39 is 5.82 Å². The van der Waals surface area contributed by atoms with E-state index >= 15 is 0 Å². The quantitative estimate of drug-likeness (QED) is 0.784. The first-order valence-electron chi connectivity index (χ1n) is 3.70. The molecule has 0 saturated carbocycles. The van der Waals surface area contributed by atoms with Gasteiger partial charge in [0.2, 0.25) is 0 Å². The van der Waals surface area contributed by atoms with Crippen LogP contribution in [0.4, 0.5) is 4.39 Å². The first-order valence-corrected chi connectivity index (χ1v) is 4.49. The molecule has 0 spiro atoms. The number of nitriles is 1. The Balaban J connectivity index is 3.07. The zero-order valence-corrected chi connectivity index (χ0v) is 8.97. The lowest BCUT2D eigenvalue weighted by Crippen LogP contribution is -2.01. The summed E-state index contributed by atoms with van der Waals surface area (Å²) >= 11 is 3.10. The molecule has 0 heterocycles. The number of hydrogen-bond acceptors (Lipinski definition) is 3. The number of hydrogen-bond donors (Lipinski definition) is 0. The number of ether oxygens (including phenoxy) is 2. The number of benzene rings is 1. The fourth-order valence-electron chi connectivity index (χ4n) is 0.908. The molecule has 0 radical (unpaired) electrons. The van der Waals surface area contributed by atoms with Gasteiger partial charge in [-0.1, -0.05) is 0 Å². The molecule has 14 heavy (non-hydrogen) atoms. The summed E-state index contributed by atoms with van der Waals surface area (Å²) in [5.74, 6) is -0.200. The van der Waals surface area contributed by atoms with Gasteiger partial charge in [0.15, 0.2) is 12.5 Å². The molecule has 1 aromatic carbocycles. The molecule has 74 valence electrons. The van der Waals surface area contributed by atoms with Crippen molar-refractivity contribution < 1.29 is 13.9 Å². The molecule has 1 rings (SSSR count). The van der Waals surface area contributed by atoms with Crippen LogP contribution in [0.25, 0.3) is 0 Å². The molecule has 1 aromatic rings. The molecule has 0 unspecified atom stereocenters. The van der Waals surface area contributed by atoms with Crippen molar-refractivity contribution in [2.45, 2.75) is 0 Å². The summed E-state index contributed by atoms with van der Waals surface area (Å²) in [4.78, 5) is 0. The second-order valence-electron chi connectivity index (χ2n) is 2.43. The van der Waals surface area contributed by atoms with Crippen molar-refractivity contribution in [1.29, 1.82) is 5.26 Å². The van der Waals surface area contributed by atoms with Crippen LogP contribution in [0.15, 0.2) is 16.6 Å². The van der Waals surface area contributed by atoms with Crippen molar-refractivity contribution in [3.8, 4) is 11.8 Å². The molecule has 0 fully saturated rings. The van der Waals surface area contributed by atoms with Crippen molar-refractivity contribution in [2.24, 2.45) is 0 Å². The summed E-state index contributed by atoms with van der Waals surface area (Å²) in [6, 6.07) is 4.17. The highest BCUT2D eigenvalue weighted by Gasteiger charge is 2.10. The van der Waals surface area contributed by atoms with Gasteiger partial charge in [-0.2, -0.15) is 5.26 Å². The van der Waals surface area contributed by atoms with E-state index in [0.717, 1.165) is 6.07 Å². The Morgan fingerprint density at radius 1 is 1.57 bits per heavy atom. The number of rotatable bonds is 3. The van der Waals surface area contributed by atoms with E-state index in [0.29, 0.717) is 4.47 Å². The maximum absolute atomic E-state index is 12.8. The van der Waals surface area contributed by atoms with Gasteiger partial charge in [-0.3, -0.25) is 0 Å². The van der Waals surface area contributed by atoms with Crippen LogP contribution in [0, 0.1) is 17.1 Å². The summed E-state index contributed by atoms with van der Waals surface area (Å²) in [5.41, 5.74) is 0.133. The monoisotopic (exact) mass is 259 g/mol. The van der Waals surface area contributed by atoms with Gasteiger partial charge >= 0.3 is 0 Å². The van der Waals surface area contributed by atoms with E-state index in [-0.39, 0.29) is 18.1 Å². The smallest absolute Gasteiger partial charge is 0.188 e. The molecule has 0 saturated heterocycles. The Morgan fingerprint density at radius 2 is 2.29 bits per heavy atom. The van der Waals surface area contributed by atoms with E-state index in [2.05, 4.69) is 20.7 Å². The third-order valence-electron chi connectivity index (χ3n) is 1.45. The molecule has 3 nitrogen and oxygen atoms in total. The lowest BCUT2D eigenvalue weighted by atomic mass is 10.2. The Hall–Kier alpha value is -1.12. The van der Waals surface area contributed by atoms with E-state index in [9.17, 15) is 4.39 Å². The van der Waals surface area contributed by atoms with Crippen LogP contribution in [0.1, 0.15) is 5.56 Å². The fraction of sp³-hybridized carbons (Fsp3) is 0.222. The Labute approximate surface area is 89.2 Å². The van der Waals surface area contributed by atoms with Crippen molar-refractivity contribution in [3.05, 3.63) is 28.0 Å². The SMILES string of the molecule is COCOc1c(Br)cc(F)cc1C#N. The predicted octanol–water partition coefficient (Wildman–Crippen LogP) is 2.44. The maximum atomic E-state index is 12.8. The van der Waals surface area contributed by atoms with Gasteiger partial charge in [0.1, 0.15) is 11.9 Å². The van der Waals surface area contributed by atoms with Gasteiger partial charge in [0.05, 0.1) is 10.0 Å². The van der Waals surface area contributed by atoms with Crippen molar-refractivity contribution in [2.75, 3.05) is 13.9 Å². The average molecular weight is 260 g/mol. The van der Waals surface area contributed by atoms with E-state index in [4.69, 9.17) is 10.00 Å². The molecule has 0 aromatic heterocycles. The minimum Gasteiger partial charge on any atom is -0.465 e. The van der Waals surface area contributed by atoms with Crippen LogP contribution in [0.2, 0.25) is 0 Å². The number of halogens is 2. The second-order valence-corrected chi connectivity index (χ2v) is 3.28. The van der Waals surface area contributed by atoms with Gasteiger partial charge in [-0.25, -0.2) is 4.39 Å². The van der Waals surface area contributed by atoms with Crippen molar-refractivity contribution in [1.82, 2.24) is 0 Å². The highest BCUT2D eigenvalue weighted by Crippen LogP contribution is 2.29. The topological polar surface area (TPSA) is 42.2 Å². The minimum atomic E-state index is -0.488. The average Bonchev–Trinajstić information content (AvgIpc) is 2.15. The highest BCUT2D eigenvalue weighted by atomic mass is 79.9. The zero-order chi connectivity index (χ0) is 10.6. The third-order valence-corrected chi connectivity index (χ3v) is 2.04. The van der Waals surface area contributed by atoms with Gasteiger partial charge < -0.3 is 9.47 Å². The lowest BCUT2D eigenvalue weighted by Gasteiger charge is -2.08. The molecule has 0 amide bonds. The van der Waals surface area contributed by atoms with Gasteiger partial charge in [0.25, 0.3) is 0 Å². The zero-order valence-electron chi connectivity index (χ0n) is 7.38. The second kappa shape index (κ2) is 4.94. The summed E-state index contributed by atoms with van der Waals surface area (Å²) in [5, 5.41) is 8.71. The number of nitrogens with zero attached hydrogens (tertiary/aromatic N) is 1. The molecule has 0 aliphatic carbocycles. The van der Waals surface area contributed by atoms with Crippen LogP contribution in [0.3, 0.4) is 0 Å². The normalized spacial score (nSPS) is 9.57. The molecule has 0 atom stereocenters. The standard InChI is InChI=1S/C9H7BrFNO2/c1-13-5-14-9-6(4-12)2-7(11)3-8(9)10/h2-3H,5H2,1H3. The first kappa shape index (κ1) is 11.0. The van der Waals surface area contributed by atoms with Crippen LogP contribution in [0.5, 0.6) is 5.75 Å². The summed E-state index contributed by atoms with van der Waals surface area (Å²) in [6.07, 6.45) is 0. The molecule has 0 aliphatic heterocycles. The van der Waals surface area contributed by atoms with E-state index in [1.54, 1.807) is 0 Å². The van der Waals surface area contributed by atoms with Gasteiger partial charge in [-0.15, -0.1) is 0 Å². The molecular weight excluding hydrogens is 253 g/mol. The van der Waals surface area contributed by atoms with Crippen molar-refractivity contribution >= 4 is 15.9 Å². The van der Waals surface area contributed by atoms with Gasteiger partial charge in [0, 0.05) is 7.11 Å². The van der Waals surface area contributed by atoms with Gasteiger partial charge in [-0.05, 0) is 28.1 Å². The molecule has 0 aliphatic rings. The van der Waals surface area contributed by atoms with Crippen molar-refractivity contribution in [3.63, 3.8) is 0 Å². The van der Waals surface area contributed by atoms with Crippen LogP contribution in [-0.4, -0.2) is 13.9 Å². The molecule has 5 heteroatoms. The van der Waals surface area contributed by atoms with Crippen LogP contribution >= 0.6 is 15.9 Å². The Morgan fingerprint density at radius 3 is 2.86 bits per heavy atom. The van der Waals surface area contributed by atoms with E-state index in [1.165, 1.54) is 13.2 Å². The Kier molecular flexibility index (Phi) is 3.86. The van der Waals surface area contributed by atoms with Crippen LogP contribution < -0.4 is 4.74 Å². The molecule has 0 N–H and O–H groups in total. The Bertz CT molecular complexity index is 376. The summed E-state index contributed by atoms with van der Waals surface area (Å²) in [6.45, 7) is 0.0128. The first-order chi connectivity index (χ1) is 6.69. The molecule has 0 bridgehead atoms. The third kappa shape index (κ3) is 2.44. The molecular formula is C9H7BrFNO2. The summed E-state index contributed by atoms with van der Waals surface area (Å²) < 4.78 is 23.0. The summed E-state index contributed by atoms with van der Waals surface area (Å²) in [7, 11) is 1.46. The number of methoxy groups -OCH3 is 1. The maximum Gasteiger partial charge on any atom is 0.188 e. The predicted molar refractivity (Wildman–Crippen MR) is 51.3 cm³/mol. The minimum absolute atomic E-state index is 0.0128. The fourth-order valence-corrected chi connectivity index (χ4v) is 1.45.